The molecule has 0 saturated carbocycles. The minimum Gasteiger partial charge on any atom is -0.480 e. The molecule has 0 aliphatic rings. The van der Waals surface area contributed by atoms with Crippen molar-refractivity contribution in [3.05, 3.63) is 35.9 Å². The average molecular weight is 392 g/mol. The maximum Gasteiger partial charge on any atom is 0.325 e. The number of nitrogens with two attached hydrogens (primary N) is 1. The van der Waals surface area contributed by atoms with Gasteiger partial charge in [-0.15, -0.1) is 0 Å². The first-order chi connectivity index (χ1) is 13.1. The van der Waals surface area contributed by atoms with E-state index in [2.05, 4.69) is 16.0 Å². The number of benzene rings is 1. The largest absolute Gasteiger partial charge is 0.480 e. The van der Waals surface area contributed by atoms with Crippen LogP contribution in [0.5, 0.6) is 0 Å². The molecule has 3 atom stereocenters. The molecule has 6 N–H and O–H groups in total. The maximum absolute atomic E-state index is 12.4. The third-order valence-corrected chi connectivity index (χ3v) is 4.11. The van der Waals surface area contributed by atoms with Crippen LogP contribution in [0.2, 0.25) is 0 Å². The van der Waals surface area contributed by atoms with Crippen molar-refractivity contribution in [2.75, 3.05) is 6.54 Å². The second-order valence-electron chi connectivity index (χ2n) is 6.87. The number of hydrogen-bond acceptors (Lipinski definition) is 5. The van der Waals surface area contributed by atoms with E-state index < -0.39 is 41.8 Å². The Kier molecular flexibility index (Phi) is 9.10. The average Bonchev–Trinajstić information content (AvgIpc) is 2.65. The molecule has 0 heterocycles. The second-order valence-corrected chi connectivity index (χ2v) is 6.87. The molecular weight excluding hydrogens is 364 g/mol. The van der Waals surface area contributed by atoms with Crippen molar-refractivity contribution in [3.8, 4) is 0 Å². The van der Waals surface area contributed by atoms with Crippen LogP contribution in [-0.4, -0.2) is 53.5 Å². The molecule has 0 spiro atoms. The van der Waals surface area contributed by atoms with Gasteiger partial charge in [0.25, 0.3) is 0 Å². The van der Waals surface area contributed by atoms with Gasteiger partial charge in [0.05, 0.1) is 12.6 Å². The van der Waals surface area contributed by atoms with E-state index in [9.17, 15) is 19.2 Å². The minimum atomic E-state index is -1.19. The molecule has 1 rings (SSSR count). The zero-order valence-corrected chi connectivity index (χ0v) is 16.3. The summed E-state index contributed by atoms with van der Waals surface area (Å²) < 4.78 is 0. The fourth-order valence-electron chi connectivity index (χ4n) is 2.27. The number of carbonyl (C=O) groups is 4. The van der Waals surface area contributed by atoms with E-state index in [-0.39, 0.29) is 18.9 Å². The molecule has 28 heavy (non-hydrogen) atoms. The van der Waals surface area contributed by atoms with Crippen LogP contribution < -0.4 is 21.7 Å². The Balaban J connectivity index is 2.75. The van der Waals surface area contributed by atoms with Crippen LogP contribution in [0.3, 0.4) is 0 Å². The zero-order chi connectivity index (χ0) is 21.3. The zero-order valence-electron chi connectivity index (χ0n) is 16.3. The molecule has 0 aliphatic carbocycles. The quantitative estimate of drug-likeness (QED) is 0.359. The van der Waals surface area contributed by atoms with Gasteiger partial charge in [0, 0.05) is 6.42 Å². The lowest BCUT2D eigenvalue weighted by Crippen LogP contribution is -2.54. The number of rotatable bonds is 10. The molecule has 1 aromatic carbocycles. The van der Waals surface area contributed by atoms with Gasteiger partial charge in [-0.05, 0) is 18.4 Å². The van der Waals surface area contributed by atoms with Gasteiger partial charge in [0.15, 0.2) is 0 Å². The number of carboxylic acids is 1. The normalized spacial score (nSPS) is 13.9. The van der Waals surface area contributed by atoms with Gasteiger partial charge in [0.1, 0.15) is 12.1 Å². The van der Waals surface area contributed by atoms with Gasteiger partial charge in [0.2, 0.25) is 17.7 Å². The third-order valence-electron chi connectivity index (χ3n) is 4.11. The Labute approximate surface area is 164 Å². The van der Waals surface area contributed by atoms with E-state index in [1.807, 2.05) is 6.07 Å². The third kappa shape index (κ3) is 7.75. The van der Waals surface area contributed by atoms with Crippen LogP contribution in [0.4, 0.5) is 0 Å². The highest BCUT2D eigenvalue weighted by Gasteiger charge is 2.25. The van der Waals surface area contributed by atoms with Gasteiger partial charge in [-0.25, -0.2) is 0 Å². The molecule has 0 saturated heterocycles. The van der Waals surface area contributed by atoms with Gasteiger partial charge in [-0.2, -0.15) is 0 Å². The number of hydrogen-bond donors (Lipinski definition) is 5. The van der Waals surface area contributed by atoms with E-state index in [1.54, 1.807) is 38.1 Å². The van der Waals surface area contributed by atoms with Crippen molar-refractivity contribution in [1.29, 1.82) is 0 Å². The van der Waals surface area contributed by atoms with E-state index >= 15 is 0 Å². The molecule has 0 aliphatic heterocycles. The van der Waals surface area contributed by atoms with Gasteiger partial charge in [-0.1, -0.05) is 44.2 Å². The van der Waals surface area contributed by atoms with Crippen molar-refractivity contribution in [2.45, 2.75) is 45.3 Å². The summed E-state index contributed by atoms with van der Waals surface area (Å²) in [5.41, 5.74) is 6.51. The monoisotopic (exact) mass is 392 g/mol. The molecule has 154 valence electrons. The Bertz CT molecular complexity index is 693. The van der Waals surface area contributed by atoms with Crippen molar-refractivity contribution in [2.24, 2.45) is 11.7 Å². The predicted molar refractivity (Wildman–Crippen MR) is 103 cm³/mol. The van der Waals surface area contributed by atoms with E-state index in [0.29, 0.717) is 0 Å². The Hall–Kier alpha value is -2.94. The molecular formula is C19H28N4O5. The molecule has 9 heteroatoms. The summed E-state index contributed by atoms with van der Waals surface area (Å²) in [5, 5.41) is 16.3. The molecule has 9 nitrogen and oxygen atoms in total. The SMILES string of the molecule is CC(NC(=O)C(Cc1ccccc1)NC(=O)CNC(=O)C(N)C(C)C)C(=O)O. The lowest BCUT2D eigenvalue weighted by Gasteiger charge is -2.21. The smallest absolute Gasteiger partial charge is 0.325 e. The highest BCUT2D eigenvalue weighted by Crippen LogP contribution is 2.04. The molecule has 0 aromatic heterocycles. The summed E-state index contributed by atoms with van der Waals surface area (Å²) in [5.74, 6) is -2.94. The molecule has 1 aromatic rings. The summed E-state index contributed by atoms with van der Waals surface area (Å²) in [6.07, 6.45) is 0.171. The highest BCUT2D eigenvalue weighted by atomic mass is 16.4. The number of aliphatic carboxylic acids is 1. The molecule has 3 amide bonds. The first-order valence-electron chi connectivity index (χ1n) is 9.01. The van der Waals surface area contributed by atoms with Crippen molar-refractivity contribution >= 4 is 23.7 Å². The number of nitrogens with one attached hydrogen (secondary N) is 3. The van der Waals surface area contributed by atoms with Gasteiger partial charge >= 0.3 is 5.97 Å². The number of amides is 3. The lowest BCUT2D eigenvalue weighted by atomic mass is 10.0. The van der Waals surface area contributed by atoms with Crippen LogP contribution in [-0.2, 0) is 25.6 Å². The highest BCUT2D eigenvalue weighted by molar-refractivity contribution is 5.92. The van der Waals surface area contributed by atoms with E-state index in [1.165, 1.54) is 6.92 Å². The first kappa shape index (κ1) is 23.1. The first-order valence-corrected chi connectivity index (χ1v) is 9.01. The van der Waals surface area contributed by atoms with Crippen molar-refractivity contribution in [1.82, 2.24) is 16.0 Å². The fraction of sp³-hybridized carbons (Fsp3) is 0.474. The summed E-state index contributed by atoms with van der Waals surface area (Å²) in [7, 11) is 0. The lowest BCUT2D eigenvalue weighted by molar-refractivity contribution is -0.141. The van der Waals surface area contributed by atoms with Crippen LogP contribution in [0.15, 0.2) is 30.3 Å². The molecule has 3 unspecified atom stereocenters. The predicted octanol–water partition coefficient (Wildman–Crippen LogP) is -0.597. The topological polar surface area (TPSA) is 151 Å². The number of carbonyl (C=O) groups excluding carboxylic acids is 3. The van der Waals surface area contributed by atoms with Gasteiger partial charge < -0.3 is 26.8 Å². The summed E-state index contributed by atoms with van der Waals surface area (Å²) in [6.45, 7) is 4.56. The standard InChI is InChI=1S/C19H28N4O5/c1-11(2)16(20)18(26)21-10-15(24)23-14(9-13-7-5-4-6-8-13)17(25)22-12(3)19(27)28/h4-8,11-12,14,16H,9-10,20H2,1-3H3,(H,21,26)(H,22,25)(H,23,24)(H,27,28). The summed E-state index contributed by atoms with van der Waals surface area (Å²) in [6, 6.07) is 6.13. The van der Waals surface area contributed by atoms with Gasteiger partial charge in [-0.3, -0.25) is 19.2 Å². The maximum atomic E-state index is 12.4. The summed E-state index contributed by atoms with van der Waals surface area (Å²) in [4.78, 5) is 47.5. The Morgan fingerprint density at radius 3 is 2.14 bits per heavy atom. The second kappa shape index (κ2) is 11.0. The minimum absolute atomic E-state index is 0.0859. The van der Waals surface area contributed by atoms with E-state index in [4.69, 9.17) is 10.8 Å². The van der Waals surface area contributed by atoms with Crippen molar-refractivity contribution < 1.29 is 24.3 Å². The Morgan fingerprint density at radius 2 is 1.61 bits per heavy atom. The Morgan fingerprint density at radius 1 is 1.00 bits per heavy atom. The van der Waals surface area contributed by atoms with Crippen LogP contribution in [0, 0.1) is 5.92 Å². The fourth-order valence-corrected chi connectivity index (χ4v) is 2.27. The van der Waals surface area contributed by atoms with Crippen molar-refractivity contribution in [3.63, 3.8) is 0 Å². The molecule has 0 bridgehead atoms. The number of carboxylic acid groups (broad SMARTS) is 1. The van der Waals surface area contributed by atoms with E-state index in [0.717, 1.165) is 5.56 Å². The molecule has 0 radical (unpaired) electrons. The summed E-state index contributed by atoms with van der Waals surface area (Å²) >= 11 is 0. The van der Waals surface area contributed by atoms with Crippen LogP contribution >= 0.6 is 0 Å². The van der Waals surface area contributed by atoms with Crippen LogP contribution in [0.1, 0.15) is 26.3 Å². The van der Waals surface area contributed by atoms with Crippen LogP contribution in [0.25, 0.3) is 0 Å². The molecule has 0 fully saturated rings.